The number of H-pyrrole nitrogens is 1. The Morgan fingerprint density at radius 1 is 1.65 bits per heavy atom. The minimum Gasteiger partial charge on any atom is -0.481 e. The van der Waals surface area contributed by atoms with E-state index in [0.717, 1.165) is 12.8 Å². The first-order valence-corrected chi connectivity index (χ1v) is 6.56. The van der Waals surface area contributed by atoms with Gasteiger partial charge in [-0.25, -0.2) is 9.89 Å². The zero-order chi connectivity index (χ0) is 12.4. The predicted octanol–water partition coefficient (Wildman–Crippen LogP) is 0.937. The van der Waals surface area contributed by atoms with Gasteiger partial charge in [-0.15, -0.1) is 5.10 Å². The largest absolute Gasteiger partial charge is 0.481 e. The fraction of sp³-hybridized carbons (Fsp3) is 0.700. The normalized spacial score (nSPS) is 24.1. The van der Waals surface area contributed by atoms with Crippen molar-refractivity contribution in [3.05, 3.63) is 10.5 Å². The summed E-state index contributed by atoms with van der Waals surface area (Å²) in [5, 5.41) is 16.0. The molecule has 0 amide bonds. The van der Waals surface area contributed by atoms with Crippen molar-refractivity contribution < 1.29 is 9.90 Å². The second-order valence-corrected chi connectivity index (χ2v) is 5.29. The van der Waals surface area contributed by atoms with Gasteiger partial charge >= 0.3 is 11.7 Å². The lowest BCUT2D eigenvalue weighted by atomic mass is 10.1. The van der Waals surface area contributed by atoms with Crippen molar-refractivity contribution in [1.29, 1.82) is 0 Å². The smallest absolute Gasteiger partial charge is 0.343 e. The maximum absolute atomic E-state index is 11.4. The molecular weight excluding hydrogens is 242 g/mol. The summed E-state index contributed by atoms with van der Waals surface area (Å²) in [6, 6.07) is 0. The zero-order valence-corrected chi connectivity index (χ0v) is 10.4. The first-order chi connectivity index (χ1) is 8.13. The number of carbonyl (C=O) groups is 1. The summed E-state index contributed by atoms with van der Waals surface area (Å²) >= 11 is 1.40. The molecule has 2 N–H and O–H groups in total. The fourth-order valence-electron chi connectivity index (χ4n) is 2.16. The van der Waals surface area contributed by atoms with Gasteiger partial charge in [-0.3, -0.25) is 9.36 Å². The lowest BCUT2D eigenvalue weighted by Crippen LogP contribution is -2.21. The summed E-state index contributed by atoms with van der Waals surface area (Å²) in [6.45, 7) is 2.41. The van der Waals surface area contributed by atoms with Gasteiger partial charge in [-0.05, 0) is 19.8 Å². The van der Waals surface area contributed by atoms with Gasteiger partial charge in [0.05, 0.1) is 5.92 Å². The highest BCUT2D eigenvalue weighted by Crippen LogP contribution is 2.38. The summed E-state index contributed by atoms with van der Waals surface area (Å²) in [6.07, 6.45) is 2.51. The van der Waals surface area contributed by atoms with Gasteiger partial charge in [0.1, 0.15) is 0 Å². The molecule has 0 bridgehead atoms. The van der Waals surface area contributed by atoms with Crippen molar-refractivity contribution in [2.75, 3.05) is 0 Å². The number of rotatable bonds is 4. The molecule has 0 aliphatic heterocycles. The highest BCUT2D eigenvalue weighted by Gasteiger charge is 2.34. The fourth-order valence-corrected chi connectivity index (χ4v) is 3.57. The average Bonchev–Trinajstić information content (AvgIpc) is 2.86. The maximum Gasteiger partial charge on any atom is 0.343 e. The Morgan fingerprint density at radius 2 is 2.41 bits per heavy atom. The maximum atomic E-state index is 11.4. The van der Waals surface area contributed by atoms with Gasteiger partial charge in [0, 0.05) is 11.8 Å². The topological polar surface area (TPSA) is 88.0 Å². The van der Waals surface area contributed by atoms with Gasteiger partial charge in [0.15, 0.2) is 5.16 Å². The van der Waals surface area contributed by atoms with Crippen molar-refractivity contribution in [2.45, 2.75) is 43.1 Å². The van der Waals surface area contributed by atoms with Crippen LogP contribution >= 0.6 is 11.8 Å². The lowest BCUT2D eigenvalue weighted by Gasteiger charge is -2.14. The van der Waals surface area contributed by atoms with E-state index in [0.29, 0.717) is 18.1 Å². The number of aromatic amines is 1. The number of thioether (sulfide) groups is 1. The monoisotopic (exact) mass is 257 g/mol. The van der Waals surface area contributed by atoms with Crippen LogP contribution in [-0.2, 0) is 11.3 Å². The predicted molar refractivity (Wildman–Crippen MR) is 63.1 cm³/mol. The van der Waals surface area contributed by atoms with E-state index in [1.54, 1.807) is 0 Å². The van der Waals surface area contributed by atoms with Crippen LogP contribution in [0.5, 0.6) is 0 Å². The van der Waals surface area contributed by atoms with E-state index in [-0.39, 0.29) is 16.9 Å². The SMILES string of the molecule is CCn1c(SC2CCCC2C(=O)O)n[nH]c1=O. The van der Waals surface area contributed by atoms with Crippen molar-refractivity contribution in [3.63, 3.8) is 0 Å². The molecule has 0 saturated heterocycles. The summed E-state index contributed by atoms with van der Waals surface area (Å²) < 4.78 is 1.53. The Labute approximate surface area is 102 Å². The zero-order valence-electron chi connectivity index (χ0n) is 9.55. The van der Waals surface area contributed by atoms with Crippen molar-refractivity contribution in [2.24, 2.45) is 5.92 Å². The molecule has 2 unspecified atom stereocenters. The van der Waals surface area contributed by atoms with E-state index < -0.39 is 5.97 Å². The van der Waals surface area contributed by atoms with Crippen LogP contribution in [0.1, 0.15) is 26.2 Å². The van der Waals surface area contributed by atoms with Crippen LogP contribution in [0.4, 0.5) is 0 Å². The van der Waals surface area contributed by atoms with E-state index in [1.165, 1.54) is 16.3 Å². The van der Waals surface area contributed by atoms with Crippen molar-refractivity contribution in [3.8, 4) is 0 Å². The van der Waals surface area contributed by atoms with E-state index in [2.05, 4.69) is 10.2 Å². The molecule has 0 spiro atoms. The molecule has 94 valence electrons. The van der Waals surface area contributed by atoms with Gasteiger partial charge in [0.2, 0.25) is 0 Å². The third-order valence-electron chi connectivity index (χ3n) is 3.07. The quantitative estimate of drug-likeness (QED) is 0.838. The van der Waals surface area contributed by atoms with Gasteiger partial charge in [-0.1, -0.05) is 18.2 Å². The molecule has 17 heavy (non-hydrogen) atoms. The lowest BCUT2D eigenvalue weighted by molar-refractivity contribution is -0.141. The molecule has 7 heteroatoms. The number of nitrogens with zero attached hydrogens (tertiary/aromatic N) is 2. The van der Waals surface area contributed by atoms with Crippen LogP contribution in [0, 0.1) is 5.92 Å². The van der Waals surface area contributed by atoms with E-state index in [9.17, 15) is 9.59 Å². The third kappa shape index (κ3) is 2.38. The molecular formula is C10H15N3O3S. The molecule has 2 rings (SSSR count). The molecule has 1 aromatic heterocycles. The van der Waals surface area contributed by atoms with Gasteiger partial charge < -0.3 is 5.11 Å². The number of carboxylic acids is 1. The highest BCUT2D eigenvalue weighted by molar-refractivity contribution is 7.99. The molecule has 1 heterocycles. The molecule has 0 aromatic carbocycles. The number of hydrogen-bond acceptors (Lipinski definition) is 4. The van der Waals surface area contributed by atoms with Crippen LogP contribution in [0.25, 0.3) is 0 Å². The van der Waals surface area contributed by atoms with Gasteiger partial charge in [0.25, 0.3) is 0 Å². The molecule has 0 radical (unpaired) electrons. The van der Waals surface area contributed by atoms with Crippen molar-refractivity contribution >= 4 is 17.7 Å². The standard InChI is InChI=1S/C10H15N3O3S/c1-2-13-9(16)11-12-10(13)17-7-5-3-4-6(7)8(14)15/h6-7H,2-5H2,1H3,(H,11,16)(H,14,15). The molecule has 2 atom stereocenters. The molecule has 1 aliphatic rings. The molecule has 1 aromatic rings. The number of hydrogen-bond donors (Lipinski definition) is 2. The number of carboxylic acid groups (broad SMARTS) is 1. The summed E-state index contributed by atoms with van der Waals surface area (Å²) in [5.41, 5.74) is -0.236. The van der Waals surface area contributed by atoms with Crippen LogP contribution in [0.2, 0.25) is 0 Å². The third-order valence-corrected chi connectivity index (χ3v) is 4.46. The minimum atomic E-state index is -0.749. The molecule has 1 saturated carbocycles. The van der Waals surface area contributed by atoms with Crippen LogP contribution in [0.15, 0.2) is 9.95 Å². The first kappa shape index (κ1) is 12.2. The summed E-state index contributed by atoms with van der Waals surface area (Å²) in [7, 11) is 0. The Kier molecular flexibility index (Phi) is 3.56. The summed E-state index contributed by atoms with van der Waals surface area (Å²) in [5.74, 6) is -1.07. The second kappa shape index (κ2) is 4.95. The molecule has 1 aliphatic carbocycles. The summed E-state index contributed by atoms with van der Waals surface area (Å²) in [4.78, 5) is 22.4. The Balaban J connectivity index is 2.15. The van der Waals surface area contributed by atoms with Gasteiger partial charge in [-0.2, -0.15) is 0 Å². The van der Waals surface area contributed by atoms with Crippen LogP contribution in [-0.4, -0.2) is 31.1 Å². The van der Waals surface area contributed by atoms with E-state index in [4.69, 9.17) is 5.11 Å². The number of aliphatic carboxylic acids is 1. The van der Waals surface area contributed by atoms with E-state index >= 15 is 0 Å². The second-order valence-electron chi connectivity index (χ2n) is 4.09. The Hall–Kier alpha value is -1.24. The highest BCUT2D eigenvalue weighted by atomic mass is 32.2. The molecule has 1 fully saturated rings. The number of aromatic nitrogens is 3. The Bertz CT molecular complexity index is 468. The van der Waals surface area contributed by atoms with Crippen LogP contribution < -0.4 is 5.69 Å². The van der Waals surface area contributed by atoms with E-state index in [1.807, 2.05) is 6.92 Å². The first-order valence-electron chi connectivity index (χ1n) is 5.68. The number of nitrogens with one attached hydrogen (secondary N) is 1. The Morgan fingerprint density at radius 3 is 3.06 bits per heavy atom. The van der Waals surface area contributed by atoms with Crippen LogP contribution in [0.3, 0.4) is 0 Å². The molecule has 6 nitrogen and oxygen atoms in total. The minimum absolute atomic E-state index is 0.0213. The average molecular weight is 257 g/mol. The van der Waals surface area contributed by atoms with Crippen molar-refractivity contribution in [1.82, 2.24) is 14.8 Å².